The van der Waals surface area contributed by atoms with Crippen LogP contribution in [0.2, 0.25) is 0 Å². The van der Waals surface area contributed by atoms with Gasteiger partial charge in [0.2, 0.25) is 0 Å². The predicted octanol–water partition coefficient (Wildman–Crippen LogP) is 2.58. The Labute approximate surface area is 194 Å². The van der Waals surface area contributed by atoms with Crippen molar-refractivity contribution in [3.63, 3.8) is 0 Å². The number of carbonyl (C=O) groups excluding carboxylic acids is 4. The highest BCUT2D eigenvalue weighted by Gasteiger charge is 2.69. The summed E-state index contributed by atoms with van der Waals surface area (Å²) >= 11 is 0. The number of ether oxygens (including phenoxy) is 5. The average molecular weight is 469 g/mol. The number of hydrogen-bond donors (Lipinski definition) is 0. The normalized spacial score (nSPS) is 42.1. The molecule has 0 unspecified atom stereocenters. The molecular weight excluding hydrogens is 432 g/mol. The maximum absolute atomic E-state index is 11.3. The van der Waals surface area contributed by atoms with Crippen molar-refractivity contribution in [2.45, 2.75) is 83.0 Å². The van der Waals surface area contributed by atoms with E-state index in [1.54, 1.807) is 0 Å². The van der Waals surface area contributed by atoms with Gasteiger partial charge in [-0.15, -0.1) is 0 Å². The van der Waals surface area contributed by atoms with Gasteiger partial charge in [-0.1, -0.05) is 20.8 Å². The Kier molecular flexibility index (Phi) is 7.71. The second-order valence-electron chi connectivity index (χ2n) is 10.4. The number of hydrogen-bond acceptors (Lipinski definition) is 9. The molecule has 1 spiro atoms. The lowest BCUT2D eigenvalue weighted by Crippen LogP contribution is -2.67. The molecule has 1 heterocycles. The molecule has 2 aliphatic carbocycles. The molecule has 0 aromatic rings. The molecule has 9 nitrogen and oxygen atoms in total. The molecule has 33 heavy (non-hydrogen) atoms. The first-order valence-corrected chi connectivity index (χ1v) is 11.7. The van der Waals surface area contributed by atoms with Crippen LogP contribution in [0.1, 0.15) is 65.7 Å². The van der Waals surface area contributed by atoms with Crippen LogP contribution in [0.4, 0.5) is 0 Å². The van der Waals surface area contributed by atoms with Crippen molar-refractivity contribution in [1.82, 2.24) is 0 Å². The molecule has 1 aliphatic heterocycles. The van der Waals surface area contributed by atoms with Gasteiger partial charge >= 0.3 is 0 Å². The second kappa shape index (κ2) is 9.99. The molecule has 1 saturated heterocycles. The lowest BCUT2D eigenvalue weighted by Gasteiger charge is -2.65. The molecule has 2 saturated carbocycles. The molecule has 0 aromatic heterocycles. The van der Waals surface area contributed by atoms with Gasteiger partial charge < -0.3 is 23.7 Å². The quantitative estimate of drug-likeness (QED) is 0.242. The number of rotatable bonds is 12. The van der Waals surface area contributed by atoms with Crippen molar-refractivity contribution in [3.8, 4) is 0 Å². The first-order chi connectivity index (χ1) is 15.8. The largest absolute Gasteiger partial charge is 0.468 e. The maximum Gasteiger partial charge on any atom is 0.293 e. The Bertz CT molecular complexity index is 729. The average Bonchev–Trinajstić information content (AvgIpc) is 3.19. The van der Waals surface area contributed by atoms with Gasteiger partial charge in [0.25, 0.3) is 25.9 Å². The van der Waals surface area contributed by atoms with E-state index in [1.807, 2.05) is 6.92 Å². The SMILES string of the molecule is C[C@@H]1CC[C@@H]2[C@](C)(COC=O)[C@@H](OC=O)CC[C@]2(C)[C@@]12CC[C@](CCOC=O)(COC=O)O2. The van der Waals surface area contributed by atoms with Gasteiger partial charge in [-0.2, -0.15) is 0 Å². The zero-order chi connectivity index (χ0) is 24.2. The van der Waals surface area contributed by atoms with Crippen LogP contribution >= 0.6 is 0 Å². The first kappa shape index (κ1) is 25.5. The van der Waals surface area contributed by atoms with Gasteiger partial charge in [-0.3, -0.25) is 19.2 Å². The van der Waals surface area contributed by atoms with E-state index in [-0.39, 0.29) is 43.2 Å². The van der Waals surface area contributed by atoms with Crippen LogP contribution in [0.15, 0.2) is 0 Å². The molecule has 186 valence electrons. The Morgan fingerprint density at radius 1 is 0.848 bits per heavy atom. The van der Waals surface area contributed by atoms with Gasteiger partial charge in [-0.25, -0.2) is 0 Å². The molecule has 3 fully saturated rings. The third-order valence-corrected chi connectivity index (χ3v) is 9.07. The van der Waals surface area contributed by atoms with Crippen LogP contribution < -0.4 is 0 Å². The van der Waals surface area contributed by atoms with Crippen molar-refractivity contribution >= 4 is 25.9 Å². The van der Waals surface area contributed by atoms with E-state index in [1.165, 1.54) is 0 Å². The summed E-state index contributed by atoms with van der Waals surface area (Å²) in [7, 11) is 0. The van der Waals surface area contributed by atoms with Crippen LogP contribution in [-0.2, 0) is 42.9 Å². The molecule has 0 radical (unpaired) electrons. The highest BCUT2D eigenvalue weighted by Crippen LogP contribution is 2.68. The van der Waals surface area contributed by atoms with Crippen molar-refractivity contribution in [3.05, 3.63) is 0 Å². The molecule has 0 amide bonds. The van der Waals surface area contributed by atoms with Crippen molar-refractivity contribution < 1.29 is 42.9 Å². The van der Waals surface area contributed by atoms with E-state index >= 15 is 0 Å². The summed E-state index contributed by atoms with van der Waals surface area (Å²) in [6.45, 7) is 8.65. The van der Waals surface area contributed by atoms with Gasteiger partial charge in [0.05, 0.1) is 12.2 Å². The summed E-state index contributed by atoms with van der Waals surface area (Å²) < 4.78 is 27.9. The van der Waals surface area contributed by atoms with E-state index in [0.29, 0.717) is 45.2 Å². The van der Waals surface area contributed by atoms with Gasteiger partial charge in [0, 0.05) is 17.3 Å². The standard InChI is InChI=1S/C24H36O9/c1-18-4-5-19-21(2,12-30-15-26)20(32-17-28)6-7-22(19,3)24(18)9-8-23(33-24,13-31-16-27)10-11-29-14-25/h14-20H,4-13H2,1-3H3/t18-,19-,20+,21+,22+,23+,24-/m1/s1. The summed E-state index contributed by atoms with van der Waals surface area (Å²) in [5.74, 6) is 0.317. The summed E-state index contributed by atoms with van der Waals surface area (Å²) in [6.07, 6.45) is 4.73. The lowest BCUT2D eigenvalue weighted by atomic mass is 9.43. The van der Waals surface area contributed by atoms with Gasteiger partial charge in [-0.05, 0) is 50.4 Å². The zero-order valence-electron chi connectivity index (χ0n) is 19.8. The van der Waals surface area contributed by atoms with Crippen LogP contribution in [-0.4, -0.2) is 63.0 Å². The van der Waals surface area contributed by atoms with Crippen molar-refractivity contribution in [1.29, 1.82) is 0 Å². The predicted molar refractivity (Wildman–Crippen MR) is 115 cm³/mol. The molecule has 3 rings (SSSR count). The van der Waals surface area contributed by atoms with E-state index in [0.717, 1.165) is 25.7 Å². The summed E-state index contributed by atoms with van der Waals surface area (Å²) in [4.78, 5) is 44.0. The van der Waals surface area contributed by atoms with Gasteiger partial charge in [0.1, 0.15) is 24.9 Å². The Hall–Kier alpha value is -2.16. The number of carbonyl (C=O) groups is 4. The van der Waals surface area contributed by atoms with E-state index in [4.69, 9.17) is 23.7 Å². The third-order valence-electron chi connectivity index (χ3n) is 9.07. The molecule has 0 N–H and O–H groups in total. The Balaban J connectivity index is 1.98. The van der Waals surface area contributed by atoms with E-state index in [2.05, 4.69) is 13.8 Å². The van der Waals surface area contributed by atoms with Crippen molar-refractivity contribution in [2.24, 2.45) is 22.7 Å². The van der Waals surface area contributed by atoms with Crippen LogP contribution in [0.5, 0.6) is 0 Å². The minimum atomic E-state index is -0.741. The monoisotopic (exact) mass is 468 g/mol. The molecule has 9 heteroatoms. The Morgan fingerprint density at radius 2 is 1.55 bits per heavy atom. The van der Waals surface area contributed by atoms with Crippen LogP contribution in [0, 0.1) is 22.7 Å². The summed E-state index contributed by atoms with van der Waals surface area (Å²) in [5, 5.41) is 0. The molecule has 0 aromatic carbocycles. The fourth-order valence-electron chi connectivity index (χ4n) is 7.43. The topological polar surface area (TPSA) is 114 Å². The van der Waals surface area contributed by atoms with Crippen molar-refractivity contribution in [2.75, 3.05) is 19.8 Å². The third kappa shape index (κ3) is 4.24. The highest BCUT2D eigenvalue weighted by molar-refractivity contribution is 5.39. The van der Waals surface area contributed by atoms with Crippen LogP contribution in [0.25, 0.3) is 0 Å². The summed E-state index contributed by atoms with van der Waals surface area (Å²) in [5.41, 5.74) is -2.09. The lowest BCUT2D eigenvalue weighted by molar-refractivity contribution is -0.273. The van der Waals surface area contributed by atoms with Crippen LogP contribution in [0.3, 0.4) is 0 Å². The zero-order valence-corrected chi connectivity index (χ0v) is 19.8. The molecule has 3 aliphatic rings. The minimum absolute atomic E-state index is 0.0777. The fourth-order valence-corrected chi connectivity index (χ4v) is 7.43. The minimum Gasteiger partial charge on any atom is -0.468 e. The fraction of sp³-hybridized carbons (Fsp3) is 0.833. The summed E-state index contributed by atoms with van der Waals surface area (Å²) in [6, 6.07) is 0. The molecular formula is C24H36O9. The Morgan fingerprint density at radius 3 is 2.21 bits per heavy atom. The van der Waals surface area contributed by atoms with Gasteiger partial charge in [0.15, 0.2) is 0 Å². The molecule has 7 atom stereocenters. The first-order valence-electron chi connectivity index (χ1n) is 11.7. The number of fused-ring (bicyclic) bond motifs is 2. The highest BCUT2D eigenvalue weighted by atomic mass is 16.6. The second-order valence-corrected chi connectivity index (χ2v) is 10.4. The maximum atomic E-state index is 11.3. The van der Waals surface area contributed by atoms with E-state index < -0.39 is 16.6 Å². The smallest absolute Gasteiger partial charge is 0.293 e. The van der Waals surface area contributed by atoms with E-state index in [9.17, 15) is 19.2 Å². The molecule has 0 bridgehead atoms.